The molecular formula is C18H22N2O2S. The van der Waals surface area contributed by atoms with E-state index in [1.807, 2.05) is 38.1 Å². The normalized spacial score (nSPS) is 12.8. The minimum absolute atomic E-state index is 0.173. The Labute approximate surface area is 138 Å². The predicted molar refractivity (Wildman–Crippen MR) is 93.4 cm³/mol. The summed E-state index contributed by atoms with van der Waals surface area (Å²) in [6.45, 7) is 7.67. The average Bonchev–Trinajstić information content (AvgIpc) is 2.53. The summed E-state index contributed by atoms with van der Waals surface area (Å²) in [6.07, 6.45) is 2.37. The molecule has 0 spiro atoms. The van der Waals surface area contributed by atoms with Crippen LogP contribution in [0.3, 0.4) is 0 Å². The second-order valence-electron chi connectivity index (χ2n) is 5.55. The minimum Gasteiger partial charge on any atom is -0.236 e. The molecule has 2 aromatic rings. The van der Waals surface area contributed by atoms with Crippen LogP contribution in [-0.2, 0) is 10.0 Å². The van der Waals surface area contributed by atoms with Crippen LogP contribution in [0, 0.1) is 13.8 Å². The molecule has 0 aliphatic carbocycles. The maximum Gasteiger partial charge on any atom is 0.253 e. The fourth-order valence-electron chi connectivity index (χ4n) is 2.17. The van der Waals surface area contributed by atoms with E-state index in [9.17, 15) is 8.42 Å². The summed E-state index contributed by atoms with van der Waals surface area (Å²) in [6, 6.07) is 14.5. The molecule has 2 rings (SSSR count). The average molecular weight is 330 g/mol. The molecule has 0 aliphatic rings. The SMILES string of the molecule is C=CC[C@@H](NNS(=O)(=O)c1ccc(C)cc1)c1ccc(C)cc1. The van der Waals surface area contributed by atoms with Crippen molar-refractivity contribution in [3.8, 4) is 0 Å². The lowest BCUT2D eigenvalue weighted by Crippen LogP contribution is -2.39. The first-order valence-corrected chi connectivity index (χ1v) is 8.92. The molecule has 2 aromatic carbocycles. The third-order valence-electron chi connectivity index (χ3n) is 3.58. The molecule has 0 fully saturated rings. The van der Waals surface area contributed by atoms with Crippen molar-refractivity contribution in [3.63, 3.8) is 0 Å². The van der Waals surface area contributed by atoms with Gasteiger partial charge in [0.1, 0.15) is 0 Å². The molecule has 0 bridgehead atoms. The number of hydrogen-bond donors (Lipinski definition) is 2. The Morgan fingerprint density at radius 1 is 1.00 bits per heavy atom. The molecule has 0 saturated heterocycles. The standard InChI is InChI=1S/C18H22N2O2S/c1-4-5-18(16-10-6-14(2)7-11-16)19-20-23(21,22)17-12-8-15(3)9-13-17/h4,6-13,18-20H,1,5H2,2-3H3/t18-/m1/s1. The highest BCUT2D eigenvalue weighted by Crippen LogP contribution is 2.18. The number of hydrazine groups is 1. The molecule has 0 heterocycles. The maximum atomic E-state index is 12.3. The third-order valence-corrected chi connectivity index (χ3v) is 4.86. The van der Waals surface area contributed by atoms with Crippen LogP contribution >= 0.6 is 0 Å². The molecule has 4 nitrogen and oxygen atoms in total. The van der Waals surface area contributed by atoms with Crippen molar-refractivity contribution < 1.29 is 8.42 Å². The van der Waals surface area contributed by atoms with Crippen molar-refractivity contribution in [2.24, 2.45) is 0 Å². The highest BCUT2D eigenvalue weighted by Gasteiger charge is 2.16. The van der Waals surface area contributed by atoms with Crippen LogP contribution in [0.2, 0.25) is 0 Å². The van der Waals surface area contributed by atoms with Gasteiger partial charge in [0.25, 0.3) is 10.0 Å². The first-order chi connectivity index (χ1) is 10.9. The van der Waals surface area contributed by atoms with Gasteiger partial charge in [-0.25, -0.2) is 13.8 Å². The second kappa shape index (κ2) is 7.55. The molecule has 23 heavy (non-hydrogen) atoms. The van der Waals surface area contributed by atoms with Gasteiger partial charge >= 0.3 is 0 Å². The molecule has 0 saturated carbocycles. The van der Waals surface area contributed by atoms with E-state index in [4.69, 9.17) is 0 Å². The van der Waals surface area contributed by atoms with Crippen LogP contribution in [0.25, 0.3) is 0 Å². The van der Waals surface area contributed by atoms with Gasteiger partial charge in [-0.1, -0.05) is 53.6 Å². The highest BCUT2D eigenvalue weighted by atomic mass is 32.2. The quantitative estimate of drug-likeness (QED) is 0.604. The Morgan fingerprint density at radius 2 is 1.52 bits per heavy atom. The second-order valence-corrected chi connectivity index (χ2v) is 7.23. The van der Waals surface area contributed by atoms with Crippen LogP contribution in [-0.4, -0.2) is 8.42 Å². The van der Waals surface area contributed by atoms with Gasteiger partial charge in [0, 0.05) is 0 Å². The smallest absolute Gasteiger partial charge is 0.236 e. The number of sulfonamides is 1. The van der Waals surface area contributed by atoms with E-state index in [0.717, 1.165) is 16.7 Å². The number of rotatable bonds is 7. The van der Waals surface area contributed by atoms with Gasteiger partial charge in [-0.05, 0) is 38.0 Å². The van der Waals surface area contributed by atoms with Crippen molar-refractivity contribution >= 4 is 10.0 Å². The van der Waals surface area contributed by atoms with Crippen LogP contribution < -0.4 is 10.3 Å². The van der Waals surface area contributed by atoms with Gasteiger partial charge in [-0.2, -0.15) is 0 Å². The maximum absolute atomic E-state index is 12.3. The number of nitrogens with one attached hydrogen (secondary N) is 2. The highest BCUT2D eigenvalue weighted by molar-refractivity contribution is 7.89. The van der Waals surface area contributed by atoms with Crippen LogP contribution in [0.4, 0.5) is 0 Å². The van der Waals surface area contributed by atoms with Crippen molar-refractivity contribution in [2.75, 3.05) is 0 Å². The third kappa shape index (κ3) is 4.76. The Bertz CT molecular complexity index is 751. The lowest BCUT2D eigenvalue weighted by Gasteiger charge is -2.18. The number of hydrogen-bond acceptors (Lipinski definition) is 3. The lowest BCUT2D eigenvalue weighted by atomic mass is 10.0. The zero-order chi connectivity index (χ0) is 16.9. The first kappa shape index (κ1) is 17.4. The molecule has 1 atom stereocenters. The van der Waals surface area contributed by atoms with E-state index in [2.05, 4.69) is 16.8 Å². The fourth-order valence-corrected chi connectivity index (χ4v) is 3.08. The summed E-state index contributed by atoms with van der Waals surface area (Å²) < 4.78 is 24.7. The summed E-state index contributed by atoms with van der Waals surface area (Å²) in [7, 11) is -3.60. The molecule has 0 radical (unpaired) electrons. The van der Waals surface area contributed by atoms with E-state index in [-0.39, 0.29) is 10.9 Å². The summed E-state index contributed by atoms with van der Waals surface area (Å²) in [5.74, 6) is 0. The Kier molecular flexibility index (Phi) is 5.71. The molecule has 0 aliphatic heterocycles. The van der Waals surface area contributed by atoms with Gasteiger partial charge in [-0.3, -0.25) is 0 Å². The molecule has 5 heteroatoms. The first-order valence-electron chi connectivity index (χ1n) is 7.44. The summed E-state index contributed by atoms with van der Waals surface area (Å²) >= 11 is 0. The van der Waals surface area contributed by atoms with Crippen molar-refractivity contribution in [1.29, 1.82) is 0 Å². The van der Waals surface area contributed by atoms with Gasteiger partial charge in [0.05, 0.1) is 10.9 Å². The van der Waals surface area contributed by atoms with E-state index in [1.165, 1.54) is 0 Å². The van der Waals surface area contributed by atoms with E-state index >= 15 is 0 Å². The lowest BCUT2D eigenvalue weighted by molar-refractivity contribution is 0.494. The number of benzene rings is 2. The van der Waals surface area contributed by atoms with Crippen molar-refractivity contribution in [1.82, 2.24) is 10.3 Å². The molecule has 0 unspecified atom stereocenters. The van der Waals surface area contributed by atoms with Crippen LogP contribution in [0.1, 0.15) is 29.2 Å². The minimum atomic E-state index is -3.60. The predicted octanol–water partition coefficient (Wildman–Crippen LogP) is 3.40. The number of aryl methyl sites for hydroxylation is 2. The van der Waals surface area contributed by atoms with Crippen molar-refractivity contribution in [3.05, 3.63) is 77.9 Å². The molecule has 0 aromatic heterocycles. The molecular weight excluding hydrogens is 308 g/mol. The molecule has 122 valence electrons. The zero-order valence-corrected chi connectivity index (χ0v) is 14.2. The topological polar surface area (TPSA) is 58.2 Å². The van der Waals surface area contributed by atoms with Gasteiger partial charge in [0.15, 0.2) is 0 Å². The van der Waals surface area contributed by atoms with Gasteiger partial charge in [0.2, 0.25) is 0 Å². The molecule has 0 amide bonds. The van der Waals surface area contributed by atoms with E-state index in [1.54, 1.807) is 30.3 Å². The van der Waals surface area contributed by atoms with E-state index < -0.39 is 10.0 Å². The van der Waals surface area contributed by atoms with Gasteiger partial charge in [-0.15, -0.1) is 11.4 Å². The summed E-state index contributed by atoms with van der Waals surface area (Å²) in [5.41, 5.74) is 6.08. The van der Waals surface area contributed by atoms with E-state index in [0.29, 0.717) is 6.42 Å². The zero-order valence-electron chi connectivity index (χ0n) is 13.4. The van der Waals surface area contributed by atoms with Crippen molar-refractivity contribution in [2.45, 2.75) is 31.2 Å². The van der Waals surface area contributed by atoms with Crippen LogP contribution in [0.15, 0.2) is 66.1 Å². The fraction of sp³-hybridized carbons (Fsp3) is 0.222. The Balaban J connectivity index is 2.13. The summed E-state index contributed by atoms with van der Waals surface area (Å²) in [4.78, 5) is 2.70. The van der Waals surface area contributed by atoms with Crippen LogP contribution in [0.5, 0.6) is 0 Å². The monoisotopic (exact) mass is 330 g/mol. The molecule has 2 N–H and O–H groups in total. The summed E-state index contributed by atoms with van der Waals surface area (Å²) in [5, 5.41) is 0. The van der Waals surface area contributed by atoms with Gasteiger partial charge < -0.3 is 0 Å². The Hall–Kier alpha value is -1.95. The largest absolute Gasteiger partial charge is 0.253 e. The Morgan fingerprint density at radius 3 is 2.04 bits per heavy atom.